The minimum Gasteiger partial charge on any atom is -0.486 e. The Bertz CT molecular complexity index is 907. The van der Waals surface area contributed by atoms with Gasteiger partial charge in [0.2, 0.25) is 0 Å². The zero-order valence-electron chi connectivity index (χ0n) is 15.1. The first-order valence-electron chi connectivity index (χ1n) is 8.87. The fraction of sp³-hybridized carbons (Fsp3) is 0.238. The number of para-hydroxylation sites is 2. The number of amides is 1. The van der Waals surface area contributed by atoms with Gasteiger partial charge in [-0.05, 0) is 29.8 Å². The summed E-state index contributed by atoms with van der Waals surface area (Å²) in [4.78, 5) is 18.4. The number of rotatable bonds is 5. The van der Waals surface area contributed by atoms with Crippen LogP contribution in [0, 0.1) is 0 Å². The average Bonchev–Trinajstić information content (AvgIpc) is 3.21. The zero-order valence-corrected chi connectivity index (χ0v) is 15.1. The highest BCUT2D eigenvalue weighted by molar-refractivity contribution is 5.94. The number of carbonyl (C=O) groups is 1. The number of carbonyl (C=O) groups excluding carboxylic acids is 1. The normalized spacial score (nSPS) is 15.4. The van der Waals surface area contributed by atoms with Crippen molar-refractivity contribution in [2.24, 2.45) is 0 Å². The monoisotopic (exact) mass is 363 g/mol. The van der Waals surface area contributed by atoms with Crippen molar-refractivity contribution in [3.05, 3.63) is 78.4 Å². The molecule has 0 fully saturated rings. The Kier molecular flexibility index (Phi) is 4.78. The minimum atomic E-state index is -0.186. The van der Waals surface area contributed by atoms with Crippen molar-refractivity contribution < 1.29 is 14.3 Å². The Hall–Kier alpha value is -3.28. The number of likely N-dealkylation sites (N-methyl/N-ethyl adjacent to an activating group) is 1. The highest BCUT2D eigenvalue weighted by Crippen LogP contribution is 2.31. The number of hydrogen-bond acceptors (Lipinski definition) is 4. The molecular formula is C21H21N3O3. The van der Waals surface area contributed by atoms with E-state index in [2.05, 4.69) is 4.98 Å². The molecule has 6 heteroatoms. The topological polar surface area (TPSA) is 56.6 Å². The molecule has 0 spiro atoms. The van der Waals surface area contributed by atoms with Crippen molar-refractivity contribution in [1.82, 2.24) is 14.5 Å². The number of imidazole rings is 1. The lowest BCUT2D eigenvalue weighted by molar-refractivity contribution is 0.0521. The Balaban J connectivity index is 1.36. The van der Waals surface area contributed by atoms with Crippen molar-refractivity contribution in [3.8, 4) is 11.5 Å². The summed E-state index contributed by atoms with van der Waals surface area (Å²) in [5.41, 5.74) is 1.77. The third-order valence-corrected chi connectivity index (χ3v) is 4.52. The van der Waals surface area contributed by atoms with Gasteiger partial charge in [0.15, 0.2) is 17.6 Å². The van der Waals surface area contributed by atoms with Gasteiger partial charge in [-0.2, -0.15) is 0 Å². The Labute approximate surface area is 158 Å². The van der Waals surface area contributed by atoms with E-state index in [1.807, 2.05) is 59.3 Å². The van der Waals surface area contributed by atoms with Gasteiger partial charge in [0.25, 0.3) is 5.91 Å². The second-order valence-electron chi connectivity index (χ2n) is 6.62. The van der Waals surface area contributed by atoms with E-state index in [1.165, 1.54) is 0 Å². The SMILES string of the molecule is CN(CC1COc2ccccc2O1)C(=O)c1ccc(Cn2ccnc2)cc1. The molecule has 0 N–H and O–H groups in total. The number of fused-ring (bicyclic) bond motifs is 1. The quantitative estimate of drug-likeness (QED) is 0.699. The molecular weight excluding hydrogens is 342 g/mol. The zero-order chi connectivity index (χ0) is 18.6. The molecule has 0 bridgehead atoms. The fourth-order valence-electron chi connectivity index (χ4n) is 3.11. The fourth-order valence-corrected chi connectivity index (χ4v) is 3.11. The molecule has 0 aliphatic carbocycles. The van der Waals surface area contributed by atoms with Crippen molar-refractivity contribution in [1.29, 1.82) is 0 Å². The maximum atomic E-state index is 12.7. The third-order valence-electron chi connectivity index (χ3n) is 4.52. The molecule has 3 aromatic rings. The Morgan fingerprint density at radius 1 is 1.19 bits per heavy atom. The van der Waals surface area contributed by atoms with Crippen molar-refractivity contribution in [3.63, 3.8) is 0 Å². The maximum Gasteiger partial charge on any atom is 0.253 e. The van der Waals surface area contributed by atoms with Crippen LogP contribution in [0.5, 0.6) is 11.5 Å². The van der Waals surface area contributed by atoms with Crippen LogP contribution in [0.1, 0.15) is 15.9 Å². The first kappa shape index (κ1) is 17.1. The van der Waals surface area contributed by atoms with Crippen LogP contribution < -0.4 is 9.47 Å². The lowest BCUT2D eigenvalue weighted by atomic mass is 10.1. The first-order valence-corrected chi connectivity index (χ1v) is 8.87. The largest absolute Gasteiger partial charge is 0.486 e. The molecule has 1 aliphatic heterocycles. The molecule has 2 aromatic carbocycles. The number of nitrogens with zero attached hydrogens (tertiary/aromatic N) is 3. The van der Waals surface area contributed by atoms with E-state index in [0.29, 0.717) is 18.7 Å². The molecule has 2 heterocycles. The van der Waals surface area contributed by atoms with Crippen molar-refractivity contribution in [2.75, 3.05) is 20.2 Å². The summed E-state index contributed by atoms with van der Waals surface area (Å²) in [5.74, 6) is 1.43. The van der Waals surface area contributed by atoms with E-state index >= 15 is 0 Å². The van der Waals surface area contributed by atoms with E-state index in [9.17, 15) is 4.79 Å². The van der Waals surface area contributed by atoms with Gasteiger partial charge in [0.05, 0.1) is 12.9 Å². The van der Waals surface area contributed by atoms with Gasteiger partial charge in [-0.1, -0.05) is 24.3 Å². The predicted octanol–water partition coefficient (Wildman–Crippen LogP) is 2.84. The number of aromatic nitrogens is 2. The molecule has 27 heavy (non-hydrogen) atoms. The average molecular weight is 363 g/mol. The van der Waals surface area contributed by atoms with Crippen molar-refractivity contribution in [2.45, 2.75) is 12.6 Å². The van der Waals surface area contributed by atoms with Gasteiger partial charge in [-0.3, -0.25) is 4.79 Å². The van der Waals surface area contributed by atoms with Gasteiger partial charge >= 0.3 is 0 Å². The second kappa shape index (κ2) is 7.53. The van der Waals surface area contributed by atoms with Crippen LogP contribution in [0.4, 0.5) is 0 Å². The van der Waals surface area contributed by atoms with Crippen LogP contribution in [-0.2, 0) is 6.54 Å². The molecule has 0 radical (unpaired) electrons. The molecule has 6 nitrogen and oxygen atoms in total. The highest BCUT2D eigenvalue weighted by Gasteiger charge is 2.24. The first-order chi connectivity index (χ1) is 13.2. The summed E-state index contributed by atoms with van der Waals surface area (Å²) < 4.78 is 13.6. The maximum absolute atomic E-state index is 12.7. The van der Waals surface area contributed by atoms with Crippen LogP contribution in [0.3, 0.4) is 0 Å². The Morgan fingerprint density at radius 2 is 1.96 bits per heavy atom. The summed E-state index contributed by atoms with van der Waals surface area (Å²) in [5, 5.41) is 0. The molecule has 1 aliphatic rings. The van der Waals surface area contributed by atoms with Gasteiger partial charge < -0.3 is 18.9 Å². The second-order valence-corrected chi connectivity index (χ2v) is 6.62. The lowest BCUT2D eigenvalue weighted by Gasteiger charge is -2.29. The van der Waals surface area contributed by atoms with Crippen LogP contribution in [0.15, 0.2) is 67.3 Å². The standard InChI is InChI=1S/C21H21N3O3/c1-23(13-18-14-26-19-4-2-3-5-20(19)27-18)21(25)17-8-6-16(7-9-17)12-24-11-10-22-15-24/h2-11,15,18H,12-14H2,1H3. The van der Waals surface area contributed by atoms with Crippen LogP contribution in [0.25, 0.3) is 0 Å². The van der Waals surface area contributed by atoms with Gasteiger partial charge in [-0.15, -0.1) is 0 Å². The molecule has 0 saturated carbocycles. The van der Waals surface area contributed by atoms with E-state index in [1.54, 1.807) is 24.5 Å². The van der Waals surface area contributed by atoms with Gasteiger partial charge in [0.1, 0.15) is 6.61 Å². The van der Waals surface area contributed by atoms with E-state index in [0.717, 1.165) is 23.6 Å². The number of benzene rings is 2. The van der Waals surface area contributed by atoms with E-state index < -0.39 is 0 Å². The van der Waals surface area contributed by atoms with Crippen molar-refractivity contribution >= 4 is 5.91 Å². The highest BCUT2D eigenvalue weighted by atomic mass is 16.6. The van der Waals surface area contributed by atoms with Gasteiger partial charge in [0, 0.05) is 31.5 Å². The van der Waals surface area contributed by atoms with E-state index in [-0.39, 0.29) is 12.0 Å². The van der Waals surface area contributed by atoms with Crippen LogP contribution in [-0.4, -0.2) is 46.7 Å². The van der Waals surface area contributed by atoms with Crippen LogP contribution in [0.2, 0.25) is 0 Å². The van der Waals surface area contributed by atoms with Crippen LogP contribution >= 0.6 is 0 Å². The molecule has 138 valence electrons. The molecule has 1 unspecified atom stereocenters. The predicted molar refractivity (Wildman–Crippen MR) is 101 cm³/mol. The summed E-state index contributed by atoms with van der Waals surface area (Å²) >= 11 is 0. The van der Waals surface area contributed by atoms with Gasteiger partial charge in [-0.25, -0.2) is 4.98 Å². The van der Waals surface area contributed by atoms with E-state index in [4.69, 9.17) is 9.47 Å². The smallest absolute Gasteiger partial charge is 0.253 e. The lowest BCUT2D eigenvalue weighted by Crippen LogP contribution is -2.41. The molecule has 4 rings (SSSR count). The number of hydrogen-bond donors (Lipinski definition) is 0. The number of ether oxygens (including phenoxy) is 2. The summed E-state index contributed by atoms with van der Waals surface area (Å²) in [7, 11) is 1.78. The summed E-state index contributed by atoms with van der Waals surface area (Å²) in [6.45, 7) is 1.62. The summed E-state index contributed by atoms with van der Waals surface area (Å²) in [6.07, 6.45) is 5.26. The minimum absolute atomic E-state index is 0.0355. The third kappa shape index (κ3) is 3.95. The Morgan fingerprint density at radius 3 is 2.70 bits per heavy atom. The molecule has 1 atom stereocenters. The summed E-state index contributed by atoms with van der Waals surface area (Å²) in [6, 6.07) is 15.2. The molecule has 0 saturated heterocycles. The molecule has 1 amide bonds. The molecule has 1 aromatic heterocycles.